The molecule has 0 bridgehead atoms. The molecule has 0 atom stereocenters. The summed E-state index contributed by atoms with van der Waals surface area (Å²) in [6.07, 6.45) is 0. The summed E-state index contributed by atoms with van der Waals surface area (Å²) in [6.45, 7) is 1.78. The number of aryl methyl sites for hydroxylation is 1. The maximum atomic E-state index is 11.9. The standard InChI is InChI=1S/C20H21ClN2O4S/c1-14-2-8-17(9-3-14)28-11-10-22-18(24)13-27-19(25)12-23-20(26)15-4-6-16(21)7-5-15/h2-9H,10-13H2,1H3,(H,22,24)(H,23,26). The Kier molecular flexibility index (Phi) is 8.84. The Morgan fingerprint density at radius 2 is 1.68 bits per heavy atom. The highest BCUT2D eigenvalue weighted by molar-refractivity contribution is 7.99. The van der Waals surface area contributed by atoms with Crippen LogP contribution in [0.1, 0.15) is 15.9 Å². The fourth-order valence-electron chi connectivity index (χ4n) is 2.10. The molecule has 2 N–H and O–H groups in total. The second kappa shape index (κ2) is 11.4. The van der Waals surface area contributed by atoms with Gasteiger partial charge in [-0.25, -0.2) is 0 Å². The number of rotatable bonds is 9. The van der Waals surface area contributed by atoms with Crippen molar-refractivity contribution < 1.29 is 19.1 Å². The number of esters is 1. The van der Waals surface area contributed by atoms with Gasteiger partial charge in [-0.2, -0.15) is 0 Å². The summed E-state index contributed by atoms with van der Waals surface area (Å²) in [7, 11) is 0. The van der Waals surface area contributed by atoms with Crippen LogP contribution in [0.25, 0.3) is 0 Å². The number of hydrogen-bond donors (Lipinski definition) is 2. The van der Waals surface area contributed by atoms with Crippen molar-refractivity contribution in [3.05, 3.63) is 64.7 Å². The molecule has 8 heteroatoms. The zero-order valence-electron chi connectivity index (χ0n) is 15.4. The summed E-state index contributed by atoms with van der Waals surface area (Å²) in [5.74, 6) is -0.792. The lowest BCUT2D eigenvalue weighted by atomic mass is 10.2. The molecule has 0 aliphatic heterocycles. The highest BCUT2D eigenvalue weighted by Gasteiger charge is 2.10. The van der Waals surface area contributed by atoms with E-state index in [9.17, 15) is 14.4 Å². The van der Waals surface area contributed by atoms with Crippen molar-refractivity contribution in [1.82, 2.24) is 10.6 Å². The summed E-state index contributed by atoms with van der Waals surface area (Å²) in [5.41, 5.74) is 1.57. The minimum Gasteiger partial charge on any atom is -0.454 e. The molecule has 28 heavy (non-hydrogen) atoms. The Bertz CT molecular complexity index is 810. The number of hydrogen-bond acceptors (Lipinski definition) is 5. The second-order valence-corrected chi connectivity index (χ2v) is 7.47. The summed E-state index contributed by atoms with van der Waals surface area (Å²) in [4.78, 5) is 36.3. The molecule has 0 saturated carbocycles. The van der Waals surface area contributed by atoms with Crippen LogP contribution in [0.4, 0.5) is 0 Å². The topological polar surface area (TPSA) is 84.5 Å². The van der Waals surface area contributed by atoms with Gasteiger partial charge in [0.2, 0.25) is 0 Å². The minimum atomic E-state index is -0.688. The average Bonchev–Trinajstić information content (AvgIpc) is 2.69. The van der Waals surface area contributed by atoms with Gasteiger partial charge in [-0.1, -0.05) is 29.3 Å². The first-order valence-electron chi connectivity index (χ1n) is 8.59. The number of thioether (sulfide) groups is 1. The van der Waals surface area contributed by atoms with Crippen LogP contribution in [0.2, 0.25) is 5.02 Å². The molecule has 2 aromatic carbocycles. The molecule has 0 aliphatic rings. The van der Waals surface area contributed by atoms with Gasteiger partial charge >= 0.3 is 5.97 Å². The van der Waals surface area contributed by atoms with Crippen molar-refractivity contribution in [3.8, 4) is 0 Å². The van der Waals surface area contributed by atoms with Crippen molar-refractivity contribution in [1.29, 1.82) is 0 Å². The van der Waals surface area contributed by atoms with Crippen LogP contribution in [-0.2, 0) is 14.3 Å². The van der Waals surface area contributed by atoms with Gasteiger partial charge in [0, 0.05) is 27.8 Å². The predicted octanol–water partition coefficient (Wildman–Crippen LogP) is 2.83. The van der Waals surface area contributed by atoms with Crippen LogP contribution in [-0.4, -0.2) is 43.2 Å². The van der Waals surface area contributed by atoms with E-state index in [4.69, 9.17) is 16.3 Å². The molecule has 148 valence electrons. The maximum Gasteiger partial charge on any atom is 0.325 e. The highest BCUT2D eigenvalue weighted by Crippen LogP contribution is 2.17. The normalized spacial score (nSPS) is 10.2. The molecule has 0 aliphatic carbocycles. The lowest BCUT2D eigenvalue weighted by molar-refractivity contribution is -0.147. The lowest BCUT2D eigenvalue weighted by Crippen LogP contribution is -2.34. The zero-order valence-corrected chi connectivity index (χ0v) is 16.9. The Morgan fingerprint density at radius 3 is 2.36 bits per heavy atom. The van der Waals surface area contributed by atoms with Gasteiger partial charge < -0.3 is 15.4 Å². The quantitative estimate of drug-likeness (QED) is 0.370. The molecule has 0 fully saturated rings. The minimum absolute atomic E-state index is 0.321. The van der Waals surface area contributed by atoms with Gasteiger partial charge in [-0.05, 0) is 43.3 Å². The third kappa shape index (κ3) is 8.02. The van der Waals surface area contributed by atoms with E-state index in [0.717, 1.165) is 4.90 Å². The molecule has 0 radical (unpaired) electrons. The first-order valence-corrected chi connectivity index (χ1v) is 9.96. The Hall–Kier alpha value is -2.51. The predicted molar refractivity (Wildman–Crippen MR) is 110 cm³/mol. The average molecular weight is 421 g/mol. The first kappa shape index (κ1) is 21.8. The van der Waals surface area contributed by atoms with Crippen LogP contribution in [0.5, 0.6) is 0 Å². The molecular formula is C20H21ClN2O4S. The van der Waals surface area contributed by atoms with Crippen molar-refractivity contribution in [2.75, 3.05) is 25.4 Å². The molecule has 0 unspecified atom stereocenters. The molecule has 0 spiro atoms. The van der Waals surface area contributed by atoms with Crippen molar-refractivity contribution in [2.24, 2.45) is 0 Å². The Balaban J connectivity index is 1.57. The molecule has 2 rings (SSSR count). The Morgan fingerprint density at radius 1 is 1.00 bits per heavy atom. The zero-order chi connectivity index (χ0) is 20.4. The highest BCUT2D eigenvalue weighted by atomic mass is 35.5. The first-order chi connectivity index (χ1) is 13.4. The molecular weight excluding hydrogens is 400 g/mol. The lowest BCUT2D eigenvalue weighted by Gasteiger charge is -2.08. The largest absolute Gasteiger partial charge is 0.454 e. The van der Waals surface area contributed by atoms with E-state index in [-0.39, 0.29) is 19.1 Å². The number of benzene rings is 2. The van der Waals surface area contributed by atoms with Crippen molar-refractivity contribution in [2.45, 2.75) is 11.8 Å². The van der Waals surface area contributed by atoms with Gasteiger partial charge in [-0.15, -0.1) is 11.8 Å². The summed E-state index contributed by atoms with van der Waals surface area (Å²) in [6, 6.07) is 14.4. The Labute approximate surface area is 173 Å². The summed E-state index contributed by atoms with van der Waals surface area (Å²) in [5, 5.41) is 5.62. The maximum absolute atomic E-state index is 11.9. The summed E-state index contributed by atoms with van der Waals surface area (Å²) >= 11 is 7.38. The second-order valence-electron chi connectivity index (χ2n) is 5.86. The number of halogens is 1. The number of carbonyl (C=O) groups excluding carboxylic acids is 3. The van der Waals surface area contributed by atoms with Gasteiger partial charge in [0.05, 0.1) is 0 Å². The fraction of sp³-hybridized carbons (Fsp3) is 0.250. The van der Waals surface area contributed by atoms with Crippen LogP contribution in [0.3, 0.4) is 0 Å². The van der Waals surface area contributed by atoms with Crippen LogP contribution < -0.4 is 10.6 Å². The van der Waals surface area contributed by atoms with Gasteiger partial charge in [-0.3, -0.25) is 14.4 Å². The van der Waals surface area contributed by atoms with Crippen LogP contribution in [0.15, 0.2) is 53.4 Å². The number of nitrogens with one attached hydrogen (secondary N) is 2. The van der Waals surface area contributed by atoms with Crippen LogP contribution in [0, 0.1) is 6.92 Å². The third-order valence-corrected chi connectivity index (χ3v) is 4.84. The molecule has 6 nitrogen and oxygen atoms in total. The van der Waals surface area contributed by atoms with E-state index in [1.807, 2.05) is 31.2 Å². The van der Waals surface area contributed by atoms with Gasteiger partial charge in [0.25, 0.3) is 11.8 Å². The summed E-state index contributed by atoms with van der Waals surface area (Å²) < 4.78 is 4.84. The van der Waals surface area contributed by atoms with E-state index in [0.29, 0.717) is 22.9 Å². The smallest absolute Gasteiger partial charge is 0.325 e. The molecule has 0 saturated heterocycles. The molecule has 2 amide bonds. The van der Waals surface area contributed by atoms with Gasteiger partial charge in [0.1, 0.15) is 6.54 Å². The number of ether oxygens (including phenoxy) is 1. The fourth-order valence-corrected chi connectivity index (χ4v) is 2.99. The van der Waals surface area contributed by atoms with Crippen molar-refractivity contribution >= 4 is 41.1 Å². The monoisotopic (exact) mass is 420 g/mol. The number of carbonyl (C=O) groups is 3. The molecule has 0 heterocycles. The van der Waals surface area contributed by atoms with E-state index in [1.165, 1.54) is 5.56 Å². The van der Waals surface area contributed by atoms with E-state index >= 15 is 0 Å². The van der Waals surface area contributed by atoms with E-state index in [1.54, 1.807) is 36.0 Å². The van der Waals surface area contributed by atoms with Crippen LogP contribution >= 0.6 is 23.4 Å². The van der Waals surface area contributed by atoms with E-state index in [2.05, 4.69) is 10.6 Å². The third-order valence-electron chi connectivity index (χ3n) is 3.58. The van der Waals surface area contributed by atoms with Crippen molar-refractivity contribution in [3.63, 3.8) is 0 Å². The number of amides is 2. The molecule has 0 aromatic heterocycles. The van der Waals surface area contributed by atoms with E-state index < -0.39 is 11.9 Å². The SMILES string of the molecule is Cc1ccc(SCCNC(=O)COC(=O)CNC(=O)c2ccc(Cl)cc2)cc1. The van der Waals surface area contributed by atoms with Gasteiger partial charge in [0.15, 0.2) is 6.61 Å². The molecule has 2 aromatic rings.